The molecule has 0 spiro atoms. The minimum absolute atomic E-state index is 0.282. The van der Waals surface area contributed by atoms with Gasteiger partial charge in [-0.15, -0.1) is 0 Å². The molecule has 0 aliphatic carbocycles. The fourth-order valence-electron chi connectivity index (χ4n) is 1.01. The Morgan fingerprint density at radius 2 is 1.71 bits per heavy atom. The predicted octanol–water partition coefficient (Wildman–Crippen LogP) is 2.03. The lowest BCUT2D eigenvalue weighted by Gasteiger charge is -2.05. The van der Waals surface area contributed by atoms with Crippen molar-refractivity contribution in [3.63, 3.8) is 0 Å². The molecule has 98 valence electrons. The third kappa shape index (κ3) is 13.5. The lowest BCUT2D eigenvalue weighted by atomic mass is 10.1. The van der Waals surface area contributed by atoms with Crippen molar-refractivity contribution in [2.75, 3.05) is 26.4 Å². The summed E-state index contributed by atoms with van der Waals surface area (Å²) in [6.07, 6.45) is 2.43. The van der Waals surface area contributed by atoms with E-state index in [1.165, 1.54) is 0 Å². The number of carboxylic acid groups (broad SMARTS) is 1. The van der Waals surface area contributed by atoms with Crippen molar-refractivity contribution >= 4 is 40.1 Å². The number of ether oxygens (including phenoxy) is 2. The van der Waals surface area contributed by atoms with Gasteiger partial charge in [0.1, 0.15) is 6.61 Å². The molecule has 4 nitrogen and oxygen atoms in total. The fourth-order valence-corrected chi connectivity index (χ4v) is 1.29. The van der Waals surface area contributed by atoms with Gasteiger partial charge in [-0.3, -0.25) is 0 Å². The molecule has 0 aliphatic heterocycles. The van der Waals surface area contributed by atoms with Gasteiger partial charge in [-0.25, -0.2) is 4.79 Å². The first-order valence-corrected chi connectivity index (χ1v) is 6.22. The third-order valence-corrected chi connectivity index (χ3v) is 2.49. The molecule has 0 aromatic heterocycles. The first kappa shape index (κ1) is 16.6. The highest BCUT2D eigenvalue weighted by atomic mass is 32.1. The summed E-state index contributed by atoms with van der Waals surface area (Å²) in [5, 5.41) is 8.30. The Balaban J connectivity index is 3.24. The quantitative estimate of drug-likeness (QED) is 0.461. The smallest absolute Gasteiger partial charge is 0.329 e. The Labute approximate surface area is 112 Å². The van der Waals surface area contributed by atoms with Crippen molar-refractivity contribution in [2.45, 2.75) is 26.2 Å². The van der Waals surface area contributed by atoms with E-state index in [1.807, 2.05) is 6.92 Å². The number of carbonyl (C=O) groups is 1. The van der Waals surface area contributed by atoms with Gasteiger partial charge in [0, 0.05) is 6.42 Å². The molecule has 0 aromatic carbocycles. The number of hydrogen-bond donors (Lipinski definition) is 1. The van der Waals surface area contributed by atoms with E-state index < -0.39 is 5.97 Å². The van der Waals surface area contributed by atoms with E-state index in [-0.39, 0.29) is 13.2 Å². The van der Waals surface area contributed by atoms with Gasteiger partial charge in [0.2, 0.25) is 0 Å². The molecule has 0 aromatic rings. The van der Waals surface area contributed by atoms with Gasteiger partial charge in [-0.05, 0) is 29.5 Å². The Morgan fingerprint density at radius 3 is 2.29 bits per heavy atom. The van der Waals surface area contributed by atoms with Gasteiger partial charge in [0.05, 0.1) is 19.8 Å². The third-order valence-electron chi connectivity index (χ3n) is 1.88. The molecule has 0 heterocycles. The van der Waals surface area contributed by atoms with Crippen LogP contribution in [0.15, 0.2) is 0 Å². The number of hydrogen-bond acceptors (Lipinski definition) is 5. The summed E-state index contributed by atoms with van der Waals surface area (Å²) in [6, 6.07) is 0. The predicted molar refractivity (Wildman–Crippen MR) is 74.0 cm³/mol. The highest BCUT2D eigenvalue weighted by Gasteiger charge is 1.99. The maximum atomic E-state index is 10.1. The van der Waals surface area contributed by atoms with Gasteiger partial charge in [-0.1, -0.05) is 24.4 Å². The zero-order chi connectivity index (χ0) is 13.1. The lowest BCUT2D eigenvalue weighted by molar-refractivity contribution is -0.142. The lowest BCUT2D eigenvalue weighted by Crippen LogP contribution is -2.12. The molecule has 0 atom stereocenters. The minimum Gasteiger partial charge on any atom is -0.480 e. The van der Waals surface area contributed by atoms with Crippen LogP contribution in [0.1, 0.15) is 26.2 Å². The van der Waals surface area contributed by atoms with Gasteiger partial charge in [-0.2, -0.15) is 0 Å². The van der Waals surface area contributed by atoms with E-state index in [1.54, 1.807) is 0 Å². The highest BCUT2D eigenvalue weighted by Crippen LogP contribution is 2.00. The monoisotopic (exact) mass is 278 g/mol. The van der Waals surface area contributed by atoms with Crippen molar-refractivity contribution in [3.05, 3.63) is 0 Å². The second kappa shape index (κ2) is 10.7. The van der Waals surface area contributed by atoms with Gasteiger partial charge in [0.15, 0.2) is 0 Å². The summed E-state index contributed by atoms with van der Waals surface area (Å²) in [7, 11) is 0. The Kier molecular flexibility index (Phi) is 10.4. The van der Waals surface area contributed by atoms with Crippen molar-refractivity contribution in [1.82, 2.24) is 0 Å². The van der Waals surface area contributed by atoms with Crippen molar-refractivity contribution in [1.29, 1.82) is 0 Å². The molecule has 0 fully saturated rings. The zero-order valence-corrected chi connectivity index (χ0v) is 11.6. The number of carboxylic acids is 1. The largest absolute Gasteiger partial charge is 0.480 e. The van der Waals surface area contributed by atoms with Crippen molar-refractivity contribution in [2.24, 2.45) is 0 Å². The van der Waals surface area contributed by atoms with Gasteiger partial charge in [0.25, 0.3) is 0 Å². The van der Waals surface area contributed by atoms with E-state index in [0.29, 0.717) is 13.2 Å². The van der Waals surface area contributed by atoms with Gasteiger partial charge >= 0.3 is 5.97 Å². The molecular weight excluding hydrogens is 260 g/mol. The zero-order valence-electron chi connectivity index (χ0n) is 9.94. The Bertz CT molecular complexity index is 266. The molecule has 0 saturated carbocycles. The molecule has 0 amide bonds. The Hall–Kier alpha value is -0.430. The summed E-state index contributed by atoms with van der Waals surface area (Å²) >= 11 is 10.1. The fraction of sp³-hybridized carbons (Fsp3) is 0.727. The maximum Gasteiger partial charge on any atom is 0.329 e. The van der Waals surface area contributed by atoms with E-state index in [2.05, 4.69) is 0 Å². The second-order valence-corrected chi connectivity index (χ2v) is 4.82. The molecular formula is C11H18O4S2. The summed E-state index contributed by atoms with van der Waals surface area (Å²) in [5.74, 6) is -0.971. The van der Waals surface area contributed by atoms with Crippen LogP contribution in [0.3, 0.4) is 0 Å². The molecule has 0 radical (unpaired) electrons. The molecule has 0 rings (SSSR count). The van der Waals surface area contributed by atoms with Crippen LogP contribution in [0, 0.1) is 0 Å². The summed E-state index contributed by atoms with van der Waals surface area (Å²) in [5.41, 5.74) is 0. The SMILES string of the molecule is CC(=S)CCC(=S)CCOCCOCC(=O)O. The van der Waals surface area contributed by atoms with Crippen LogP contribution < -0.4 is 0 Å². The molecule has 0 saturated heterocycles. The molecule has 6 heteroatoms. The van der Waals surface area contributed by atoms with Crippen molar-refractivity contribution in [3.8, 4) is 0 Å². The van der Waals surface area contributed by atoms with E-state index in [4.69, 9.17) is 39.0 Å². The summed E-state index contributed by atoms with van der Waals surface area (Å²) in [4.78, 5) is 12.0. The first-order chi connectivity index (χ1) is 8.02. The number of rotatable bonds is 11. The molecule has 0 aliphatic rings. The average molecular weight is 278 g/mol. The van der Waals surface area contributed by atoms with Crippen LogP contribution in [0.4, 0.5) is 0 Å². The van der Waals surface area contributed by atoms with E-state index >= 15 is 0 Å². The van der Waals surface area contributed by atoms with Crippen LogP contribution in [0.25, 0.3) is 0 Å². The van der Waals surface area contributed by atoms with Crippen LogP contribution in [0.2, 0.25) is 0 Å². The van der Waals surface area contributed by atoms with E-state index in [9.17, 15) is 4.79 Å². The topological polar surface area (TPSA) is 55.8 Å². The standard InChI is InChI=1S/C11H18O4S2/c1-9(16)2-3-10(17)4-5-14-6-7-15-8-11(12)13/h2-8H2,1H3,(H,12,13). The van der Waals surface area contributed by atoms with Crippen LogP contribution in [-0.2, 0) is 14.3 Å². The van der Waals surface area contributed by atoms with Crippen molar-refractivity contribution < 1.29 is 19.4 Å². The highest BCUT2D eigenvalue weighted by molar-refractivity contribution is 7.80. The number of aliphatic carboxylic acids is 1. The minimum atomic E-state index is -0.971. The normalized spacial score (nSPS) is 10.2. The molecule has 1 N–H and O–H groups in total. The van der Waals surface area contributed by atoms with Gasteiger partial charge < -0.3 is 14.6 Å². The van der Waals surface area contributed by atoms with Crippen LogP contribution in [0.5, 0.6) is 0 Å². The van der Waals surface area contributed by atoms with Crippen LogP contribution in [-0.4, -0.2) is 47.2 Å². The number of thiocarbonyl (C=S) groups is 2. The Morgan fingerprint density at radius 1 is 1.06 bits per heavy atom. The molecule has 0 unspecified atom stereocenters. The first-order valence-electron chi connectivity index (χ1n) is 5.40. The summed E-state index contributed by atoms with van der Waals surface area (Å²) in [6.45, 7) is 2.86. The summed E-state index contributed by atoms with van der Waals surface area (Å²) < 4.78 is 10.1. The average Bonchev–Trinajstić information content (AvgIpc) is 2.24. The molecule has 0 bridgehead atoms. The van der Waals surface area contributed by atoms with Crippen LogP contribution >= 0.6 is 24.4 Å². The second-order valence-electron chi connectivity index (χ2n) is 3.55. The molecule has 17 heavy (non-hydrogen) atoms. The maximum absolute atomic E-state index is 10.1. The van der Waals surface area contributed by atoms with E-state index in [0.717, 1.165) is 29.0 Å².